The Balaban J connectivity index is 1.88. The van der Waals surface area contributed by atoms with Gasteiger partial charge in [-0.05, 0) is 33.6 Å². The maximum Gasteiger partial charge on any atom is 0.318 e. The van der Waals surface area contributed by atoms with Crippen LogP contribution in [0, 0.1) is 13.8 Å². The first-order chi connectivity index (χ1) is 10.4. The van der Waals surface area contributed by atoms with Gasteiger partial charge in [-0.1, -0.05) is 0 Å². The molecule has 7 heteroatoms. The minimum Gasteiger partial charge on any atom is -0.341 e. The van der Waals surface area contributed by atoms with Gasteiger partial charge in [-0.3, -0.25) is 4.79 Å². The van der Waals surface area contributed by atoms with E-state index in [0.717, 1.165) is 41.5 Å². The first-order valence-electron chi connectivity index (χ1n) is 7.62. The van der Waals surface area contributed by atoms with Crippen molar-refractivity contribution in [1.82, 2.24) is 20.1 Å². The fourth-order valence-electron chi connectivity index (χ4n) is 2.65. The van der Waals surface area contributed by atoms with Gasteiger partial charge in [-0.15, -0.1) is 11.3 Å². The molecule has 1 N–H and O–H groups in total. The molecule has 1 saturated heterocycles. The third kappa shape index (κ3) is 3.76. The van der Waals surface area contributed by atoms with Crippen LogP contribution in [0.1, 0.15) is 41.4 Å². The van der Waals surface area contributed by atoms with Gasteiger partial charge < -0.3 is 15.1 Å². The van der Waals surface area contributed by atoms with Crippen LogP contribution in [0.25, 0.3) is 0 Å². The van der Waals surface area contributed by atoms with E-state index in [-0.39, 0.29) is 24.5 Å². The molecule has 0 aliphatic carbocycles. The molecule has 0 saturated carbocycles. The maximum absolute atomic E-state index is 12.2. The van der Waals surface area contributed by atoms with E-state index in [2.05, 4.69) is 10.3 Å². The number of hydrogen-bond acceptors (Lipinski definition) is 4. The molecule has 3 amide bonds. The summed E-state index contributed by atoms with van der Waals surface area (Å²) in [6.07, 6.45) is 2.11. The van der Waals surface area contributed by atoms with Gasteiger partial charge in [0.25, 0.3) is 0 Å². The molecule has 1 aromatic rings. The Morgan fingerprint density at radius 1 is 1.36 bits per heavy atom. The van der Waals surface area contributed by atoms with Crippen molar-refractivity contribution in [2.45, 2.75) is 39.7 Å². The van der Waals surface area contributed by atoms with Gasteiger partial charge >= 0.3 is 6.03 Å². The highest BCUT2D eigenvalue weighted by Gasteiger charge is 2.23. The standard InChI is InChI=1S/C15H24N4O2S/c1-10(14-11(2)22-12(3)17-14)18(4)15(21)16-9-13(20)19-7-5-6-8-19/h10H,5-9H2,1-4H3,(H,16,21). The van der Waals surface area contributed by atoms with Crippen LogP contribution in [0.5, 0.6) is 0 Å². The summed E-state index contributed by atoms with van der Waals surface area (Å²) < 4.78 is 0. The third-order valence-electron chi connectivity index (χ3n) is 4.09. The molecule has 2 heterocycles. The molecule has 1 atom stereocenters. The van der Waals surface area contributed by atoms with Crippen molar-refractivity contribution in [3.05, 3.63) is 15.6 Å². The smallest absolute Gasteiger partial charge is 0.318 e. The van der Waals surface area contributed by atoms with Crippen LogP contribution in [0.15, 0.2) is 0 Å². The fourth-order valence-corrected chi connectivity index (χ4v) is 3.55. The normalized spacial score (nSPS) is 15.7. The van der Waals surface area contributed by atoms with Crippen molar-refractivity contribution >= 4 is 23.3 Å². The van der Waals surface area contributed by atoms with Crippen LogP contribution in [-0.2, 0) is 4.79 Å². The summed E-state index contributed by atoms with van der Waals surface area (Å²) in [5, 5.41) is 3.70. The van der Waals surface area contributed by atoms with E-state index in [1.54, 1.807) is 28.2 Å². The lowest BCUT2D eigenvalue weighted by atomic mass is 10.2. The van der Waals surface area contributed by atoms with Gasteiger partial charge in [0, 0.05) is 25.0 Å². The predicted molar refractivity (Wildman–Crippen MR) is 87.0 cm³/mol. The Bertz CT molecular complexity index is 552. The highest BCUT2D eigenvalue weighted by molar-refractivity contribution is 7.11. The summed E-state index contributed by atoms with van der Waals surface area (Å²) in [5.74, 6) is -0.00686. The lowest BCUT2D eigenvalue weighted by molar-refractivity contribution is -0.129. The summed E-state index contributed by atoms with van der Waals surface area (Å²) >= 11 is 1.63. The number of aryl methyl sites for hydroxylation is 2. The number of hydrogen-bond donors (Lipinski definition) is 1. The van der Waals surface area contributed by atoms with Crippen molar-refractivity contribution in [3.63, 3.8) is 0 Å². The highest BCUT2D eigenvalue weighted by Crippen LogP contribution is 2.25. The van der Waals surface area contributed by atoms with E-state index in [1.165, 1.54) is 0 Å². The first kappa shape index (κ1) is 16.7. The molecule has 22 heavy (non-hydrogen) atoms. The summed E-state index contributed by atoms with van der Waals surface area (Å²) in [4.78, 5) is 33.2. The Hall–Kier alpha value is -1.63. The maximum atomic E-state index is 12.2. The zero-order chi connectivity index (χ0) is 16.3. The van der Waals surface area contributed by atoms with Gasteiger partial charge in [0.1, 0.15) is 0 Å². The second kappa shape index (κ2) is 7.09. The Labute approximate surface area is 135 Å². The third-order valence-corrected chi connectivity index (χ3v) is 4.99. The second-order valence-electron chi connectivity index (χ2n) is 5.71. The van der Waals surface area contributed by atoms with Gasteiger partial charge in [0.2, 0.25) is 5.91 Å². The minimum absolute atomic E-state index is 0.00686. The lowest BCUT2D eigenvalue weighted by Gasteiger charge is -2.25. The molecule has 6 nitrogen and oxygen atoms in total. The number of amides is 3. The Morgan fingerprint density at radius 2 is 2.00 bits per heavy atom. The molecule has 2 rings (SSSR count). The van der Waals surface area contributed by atoms with Gasteiger partial charge in [-0.2, -0.15) is 0 Å². The Morgan fingerprint density at radius 3 is 2.55 bits per heavy atom. The van der Waals surface area contributed by atoms with E-state index >= 15 is 0 Å². The van der Waals surface area contributed by atoms with E-state index in [1.807, 2.05) is 20.8 Å². The number of nitrogens with one attached hydrogen (secondary N) is 1. The SMILES string of the molecule is Cc1nc(C(C)N(C)C(=O)NCC(=O)N2CCCC2)c(C)s1. The van der Waals surface area contributed by atoms with Gasteiger partial charge in [0.15, 0.2) is 0 Å². The van der Waals surface area contributed by atoms with Crippen LogP contribution in [0.2, 0.25) is 0 Å². The molecule has 1 unspecified atom stereocenters. The minimum atomic E-state index is -0.245. The van der Waals surface area contributed by atoms with Gasteiger partial charge in [-0.25, -0.2) is 9.78 Å². The quantitative estimate of drug-likeness (QED) is 0.922. The highest BCUT2D eigenvalue weighted by atomic mass is 32.1. The average molecular weight is 324 g/mol. The fraction of sp³-hybridized carbons (Fsp3) is 0.667. The Kier molecular flexibility index (Phi) is 5.39. The summed E-state index contributed by atoms with van der Waals surface area (Å²) in [6.45, 7) is 7.59. The number of aromatic nitrogens is 1. The van der Waals surface area contributed by atoms with Crippen LogP contribution in [-0.4, -0.2) is 53.4 Å². The largest absolute Gasteiger partial charge is 0.341 e. The molecule has 0 spiro atoms. The topological polar surface area (TPSA) is 65.5 Å². The van der Waals surface area contributed by atoms with E-state index in [4.69, 9.17) is 0 Å². The van der Waals surface area contributed by atoms with E-state index < -0.39 is 0 Å². The molecular weight excluding hydrogens is 300 g/mol. The molecule has 122 valence electrons. The molecule has 0 aromatic carbocycles. The number of rotatable bonds is 4. The predicted octanol–water partition coefficient (Wildman–Crippen LogP) is 2.08. The first-order valence-corrected chi connectivity index (χ1v) is 8.44. The van der Waals surface area contributed by atoms with Crippen molar-refractivity contribution in [3.8, 4) is 0 Å². The van der Waals surface area contributed by atoms with Crippen molar-refractivity contribution in [1.29, 1.82) is 0 Å². The molecule has 0 radical (unpaired) electrons. The lowest BCUT2D eigenvalue weighted by Crippen LogP contribution is -2.44. The summed E-state index contributed by atoms with van der Waals surface area (Å²) in [7, 11) is 1.73. The van der Waals surface area contributed by atoms with Gasteiger partial charge in [0.05, 0.1) is 23.3 Å². The number of carbonyl (C=O) groups excluding carboxylic acids is 2. The number of thiazole rings is 1. The van der Waals surface area contributed by atoms with Crippen LogP contribution in [0.4, 0.5) is 4.79 Å². The average Bonchev–Trinajstić information content (AvgIpc) is 3.12. The summed E-state index contributed by atoms with van der Waals surface area (Å²) in [5.41, 5.74) is 0.922. The van der Waals surface area contributed by atoms with Crippen LogP contribution >= 0.6 is 11.3 Å². The van der Waals surface area contributed by atoms with Crippen molar-refractivity contribution in [2.24, 2.45) is 0 Å². The number of likely N-dealkylation sites (tertiary alicyclic amines) is 1. The number of carbonyl (C=O) groups is 2. The van der Waals surface area contributed by atoms with Crippen LogP contribution < -0.4 is 5.32 Å². The molecule has 1 aromatic heterocycles. The molecular formula is C15H24N4O2S. The number of urea groups is 1. The summed E-state index contributed by atoms with van der Waals surface area (Å²) in [6, 6.07) is -0.364. The molecule has 1 fully saturated rings. The van der Waals surface area contributed by atoms with E-state index in [0.29, 0.717) is 0 Å². The number of nitrogens with zero attached hydrogens (tertiary/aromatic N) is 3. The van der Waals surface area contributed by atoms with E-state index in [9.17, 15) is 9.59 Å². The zero-order valence-electron chi connectivity index (χ0n) is 13.7. The van der Waals surface area contributed by atoms with Crippen LogP contribution in [0.3, 0.4) is 0 Å². The van der Waals surface area contributed by atoms with Crippen molar-refractivity contribution < 1.29 is 9.59 Å². The van der Waals surface area contributed by atoms with Crippen molar-refractivity contribution in [2.75, 3.05) is 26.7 Å². The zero-order valence-corrected chi connectivity index (χ0v) is 14.5. The monoisotopic (exact) mass is 324 g/mol. The molecule has 1 aliphatic rings. The molecule has 1 aliphatic heterocycles. The second-order valence-corrected chi connectivity index (χ2v) is 7.12. The molecule has 0 bridgehead atoms.